The summed E-state index contributed by atoms with van der Waals surface area (Å²) in [7, 11) is 0. The van der Waals surface area contributed by atoms with Crippen LogP contribution in [0, 0.1) is 11.6 Å². The second kappa shape index (κ2) is 28.5. The number of anilines is 5. The van der Waals surface area contributed by atoms with Crippen molar-refractivity contribution in [2.45, 2.75) is 213 Å². The Balaban J connectivity index is 0.000000194. The maximum absolute atomic E-state index is 14.7. The number of nitrogen functional groups attached to an aromatic ring is 1. The van der Waals surface area contributed by atoms with Gasteiger partial charge < -0.3 is 50.4 Å². The number of aromatic nitrogens is 4. The highest BCUT2D eigenvalue weighted by Gasteiger charge is 2.44. The molecule has 456 valence electrons. The summed E-state index contributed by atoms with van der Waals surface area (Å²) in [5.74, 6) is 0.0309. The van der Waals surface area contributed by atoms with Gasteiger partial charge in [-0.2, -0.15) is 27.5 Å². The van der Waals surface area contributed by atoms with Crippen LogP contribution in [0.3, 0.4) is 0 Å². The molecule has 23 heteroatoms. The molecule has 0 aliphatic carbocycles. The third-order valence-corrected chi connectivity index (χ3v) is 16.8. The molecule has 10 rings (SSSR count). The zero-order valence-corrected chi connectivity index (χ0v) is 48.8. The van der Waals surface area contributed by atoms with Gasteiger partial charge in [-0.15, -0.1) is 0 Å². The van der Waals surface area contributed by atoms with Gasteiger partial charge in [0.25, 0.3) is 0 Å². The predicted octanol–water partition coefficient (Wildman–Crippen LogP) is 12.9. The molecule has 8 heterocycles. The minimum atomic E-state index is -3.01. The Morgan fingerprint density at radius 3 is 1.54 bits per heavy atom. The van der Waals surface area contributed by atoms with Crippen molar-refractivity contribution in [3.8, 4) is 23.0 Å². The van der Waals surface area contributed by atoms with Crippen LogP contribution in [0.2, 0.25) is 5.28 Å². The molecule has 4 aromatic rings. The van der Waals surface area contributed by atoms with E-state index in [4.69, 9.17) is 31.5 Å². The zero-order valence-electron chi connectivity index (χ0n) is 48.1. The van der Waals surface area contributed by atoms with E-state index in [1.54, 1.807) is 24.3 Å². The average Bonchev–Trinajstić information content (AvgIpc) is 4.21. The first-order valence-corrected chi connectivity index (χ1v) is 29.1. The SMILES string of the molecule is C.CC(C)N1CCC(Oc2ccc(N)cc2OC(F)F)CC1.CC(C)N1CCC(Oc2ccc(Nc3ncc(F)c(NC4CC5CCCN5C(C)(C)C4)n3)cc2OC(F)F)CC1.CC1(C)CC(Nc2nc(Cl)ncc2F)CC2CCCN21. The first-order valence-electron chi connectivity index (χ1n) is 28.8. The molecule has 6 saturated heterocycles. The van der Waals surface area contributed by atoms with Crippen LogP contribution in [-0.4, -0.2) is 152 Å². The number of nitrogens with two attached hydrogens (primary N) is 1. The van der Waals surface area contributed by atoms with Crippen molar-refractivity contribution in [2.24, 2.45) is 0 Å². The highest BCUT2D eigenvalue weighted by molar-refractivity contribution is 6.28. The van der Waals surface area contributed by atoms with E-state index in [1.165, 1.54) is 37.9 Å². The van der Waals surface area contributed by atoms with Crippen LogP contribution in [0.15, 0.2) is 48.8 Å². The second-order valence-corrected chi connectivity index (χ2v) is 24.4. The largest absolute Gasteiger partial charge is 0.486 e. The number of hydrogen-bond donors (Lipinski definition) is 4. The van der Waals surface area contributed by atoms with E-state index in [9.17, 15) is 26.3 Å². The summed E-state index contributed by atoms with van der Waals surface area (Å²) < 4.78 is 101. The molecule has 0 bridgehead atoms. The lowest BCUT2D eigenvalue weighted by Gasteiger charge is -2.47. The molecule has 82 heavy (non-hydrogen) atoms. The highest BCUT2D eigenvalue weighted by atomic mass is 35.5. The van der Waals surface area contributed by atoms with Gasteiger partial charge in [-0.3, -0.25) is 9.80 Å². The Morgan fingerprint density at radius 1 is 0.610 bits per heavy atom. The van der Waals surface area contributed by atoms with E-state index in [-0.39, 0.29) is 82.9 Å². The summed E-state index contributed by atoms with van der Waals surface area (Å²) in [6, 6.07) is 11.7. The van der Waals surface area contributed by atoms with E-state index >= 15 is 0 Å². The number of nitrogens with zero attached hydrogens (tertiary/aromatic N) is 8. The number of fused-ring (bicyclic) bond motifs is 2. The number of nitrogens with one attached hydrogen (secondary N) is 3. The van der Waals surface area contributed by atoms with Gasteiger partial charge in [-0.05, 0) is 181 Å². The molecule has 5 N–H and O–H groups in total. The lowest BCUT2D eigenvalue weighted by Crippen LogP contribution is -2.55. The molecule has 0 saturated carbocycles. The summed E-state index contributed by atoms with van der Waals surface area (Å²) in [6.45, 7) is 17.7. The van der Waals surface area contributed by atoms with Crippen molar-refractivity contribution < 1.29 is 45.3 Å². The first-order chi connectivity index (χ1) is 38.5. The molecule has 4 unspecified atom stereocenters. The minimum absolute atomic E-state index is 0. The van der Waals surface area contributed by atoms with Crippen molar-refractivity contribution in [2.75, 3.05) is 61.0 Å². The fourth-order valence-electron chi connectivity index (χ4n) is 12.8. The van der Waals surface area contributed by atoms with Crippen LogP contribution in [0.4, 0.5) is 55.3 Å². The first kappa shape index (κ1) is 64.3. The average molecular weight is 1180 g/mol. The monoisotopic (exact) mass is 1180 g/mol. The fraction of sp³-hybridized carbons (Fsp3) is 0.661. The summed E-state index contributed by atoms with van der Waals surface area (Å²) in [5, 5.41) is 9.60. The number of ether oxygens (including phenoxy) is 4. The molecule has 0 amide bonds. The van der Waals surface area contributed by atoms with Crippen molar-refractivity contribution in [3.05, 3.63) is 65.7 Å². The van der Waals surface area contributed by atoms with E-state index < -0.39 is 24.9 Å². The van der Waals surface area contributed by atoms with Crippen LogP contribution in [0.1, 0.15) is 140 Å². The fourth-order valence-corrected chi connectivity index (χ4v) is 12.9. The van der Waals surface area contributed by atoms with Crippen LogP contribution in [-0.2, 0) is 0 Å². The molecule has 0 spiro atoms. The Hall–Kier alpha value is -5.29. The van der Waals surface area contributed by atoms with Crippen LogP contribution >= 0.6 is 11.6 Å². The predicted molar refractivity (Wildman–Crippen MR) is 311 cm³/mol. The van der Waals surface area contributed by atoms with Gasteiger partial charge in [0.15, 0.2) is 46.3 Å². The Morgan fingerprint density at radius 2 is 1.06 bits per heavy atom. The molecule has 6 aliphatic heterocycles. The van der Waals surface area contributed by atoms with Crippen molar-refractivity contribution in [1.29, 1.82) is 0 Å². The molecule has 6 aliphatic rings. The van der Waals surface area contributed by atoms with Gasteiger partial charge in [0.05, 0.1) is 12.4 Å². The van der Waals surface area contributed by atoms with Gasteiger partial charge in [-0.1, -0.05) is 7.43 Å². The molecule has 0 radical (unpaired) electrons. The quantitative estimate of drug-likeness (QED) is 0.0476. The third kappa shape index (κ3) is 17.4. The lowest BCUT2D eigenvalue weighted by atomic mass is 9.84. The summed E-state index contributed by atoms with van der Waals surface area (Å²) in [5.41, 5.74) is 6.56. The molecular weight excluding hydrogens is 1090 g/mol. The maximum Gasteiger partial charge on any atom is 0.387 e. The van der Waals surface area contributed by atoms with Crippen LogP contribution in [0.25, 0.3) is 0 Å². The zero-order chi connectivity index (χ0) is 58.2. The summed E-state index contributed by atoms with van der Waals surface area (Å²) in [4.78, 5) is 25.9. The smallest absolute Gasteiger partial charge is 0.387 e. The van der Waals surface area contributed by atoms with Gasteiger partial charge >= 0.3 is 13.2 Å². The minimum Gasteiger partial charge on any atom is -0.486 e. The molecule has 6 fully saturated rings. The van der Waals surface area contributed by atoms with Crippen molar-refractivity contribution >= 4 is 40.6 Å². The van der Waals surface area contributed by atoms with Crippen LogP contribution < -0.4 is 40.6 Å². The number of halogens is 7. The van der Waals surface area contributed by atoms with Gasteiger partial charge in [0, 0.05) is 97.0 Å². The molecule has 2 aromatic heterocycles. The van der Waals surface area contributed by atoms with E-state index in [1.807, 2.05) is 0 Å². The molecule has 4 atom stereocenters. The van der Waals surface area contributed by atoms with Crippen molar-refractivity contribution in [1.82, 2.24) is 39.5 Å². The number of hydrogen-bond acceptors (Lipinski definition) is 16. The van der Waals surface area contributed by atoms with Gasteiger partial charge in [0.1, 0.15) is 12.2 Å². The number of alkyl halides is 4. The topological polar surface area (TPSA) is 164 Å². The number of piperidine rings is 4. The van der Waals surface area contributed by atoms with Gasteiger partial charge in [0.2, 0.25) is 11.2 Å². The summed E-state index contributed by atoms with van der Waals surface area (Å²) in [6.07, 6.45) is 14.2. The number of likely N-dealkylation sites (tertiary alicyclic amines) is 2. The highest BCUT2D eigenvalue weighted by Crippen LogP contribution is 2.41. The second-order valence-electron chi connectivity index (χ2n) is 24.0. The molecule has 16 nitrogen and oxygen atoms in total. The van der Waals surface area contributed by atoms with Crippen LogP contribution in [0.5, 0.6) is 23.0 Å². The van der Waals surface area contributed by atoms with E-state index in [0.29, 0.717) is 41.3 Å². The normalized spacial score (nSPS) is 23.2. The third-order valence-electron chi connectivity index (χ3n) is 16.7. The number of benzene rings is 2. The Kier molecular flexibility index (Phi) is 22.4. The molecular formula is C59H87ClF6N12O4. The van der Waals surface area contributed by atoms with E-state index in [0.717, 1.165) is 103 Å². The Labute approximate surface area is 485 Å². The standard InChI is InChI=1S/C29H41F3N6O2.C15H22F2N2O2.C14H20ClFN4.CH4/c1-18(2)37-12-9-22(10-13-37)39-24-8-7-19(15-25(24)40-27(31)32)35-28-33-17-23(30)26(36-28)34-20-14-21-6-5-11-38(21)29(3,4)16-20;1-10(2)19-7-5-12(6-8-19)20-13-4-3-11(18)9-14(13)21-15(16)17;1-14(2)7-9(6-10-4-3-5-20(10)14)18-12-11(16)8-17-13(15)19-12;/h7-8,15,17-18,20-22,27H,5-6,9-14,16H2,1-4H3,(H2,33,34,35,36);3-4,9-10,12,15H,5-8,18H2,1-2H3;8-10H,3-7H2,1-2H3,(H,17,18,19);1H4. The van der Waals surface area contributed by atoms with Gasteiger partial charge in [-0.25, -0.2) is 18.7 Å². The summed E-state index contributed by atoms with van der Waals surface area (Å²) >= 11 is 5.74. The maximum atomic E-state index is 14.7. The Bertz CT molecular complexity index is 2670. The van der Waals surface area contributed by atoms with Crippen molar-refractivity contribution in [3.63, 3.8) is 0 Å². The van der Waals surface area contributed by atoms with E-state index in [2.05, 4.69) is 116 Å². The molecule has 2 aromatic carbocycles. The number of rotatable bonds is 16. The lowest BCUT2D eigenvalue weighted by molar-refractivity contribution is -0.0531.